The summed E-state index contributed by atoms with van der Waals surface area (Å²) in [6.45, 7) is 1.03. The van der Waals surface area contributed by atoms with E-state index in [9.17, 15) is 14.7 Å². The second-order valence-electron chi connectivity index (χ2n) is 7.16. The van der Waals surface area contributed by atoms with Crippen molar-refractivity contribution in [1.29, 1.82) is 0 Å². The van der Waals surface area contributed by atoms with E-state index in [1.807, 2.05) is 18.2 Å². The molecule has 1 amide bonds. The molecule has 0 radical (unpaired) electrons. The number of carboxylic acid groups (broad SMARTS) is 1. The van der Waals surface area contributed by atoms with Gasteiger partial charge in [-0.2, -0.15) is 0 Å². The van der Waals surface area contributed by atoms with Crippen LogP contribution in [0, 0.1) is 5.92 Å². The number of hydrogen-bond donors (Lipinski definition) is 1. The van der Waals surface area contributed by atoms with E-state index < -0.39 is 12.0 Å². The van der Waals surface area contributed by atoms with Gasteiger partial charge in [0.15, 0.2) is 11.5 Å². The molecule has 0 aromatic heterocycles. The quantitative estimate of drug-likeness (QED) is 0.909. The number of fused-ring (bicyclic) bond motifs is 2. The molecule has 134 valence electrons. The molecule has 0 unspecified atom stereocenters. The standard InChI is InChI=1S/C19H23NO5/c21-18(10-12-5-6-16-17(9-12)25-8-7-24-16)20-14-4-2-1-3-13(14)11-15(20)19(22)23/h5-6,9,13-15H,1-4,7-8,10-11H2,(H,22,23)/t13-,14+,15+/m1/s1. The van der Waals surface area contributed by atoms with Gasteiger partial charge in [-0.1, -0.05) is 18.9 Å². The van der Waals surface area contributed by atoms with E-state index in [1.54, 1.807) is 4.90 Å². The minimum Gasteiger partial charge on any atom is -0.486 e. The van der Waals surface area contributed by atoms with Gasteiger partial charge >= 0.3 is 5.97 Å². The van der Waals surface area contributed by atoms with Gasteiger partial charge in [-0.3, -0.25) is 4.79 Å². The minimum absolute atomic E-state index is 0.0829. The van der Waals surface area contributed by atoms with Crippen molar-refractivity contribution in [1.82, 2.24) is 4.90 Å². The first-order valence-electron chi connectivity index (χ1n) is 9.06. The molecule has 0 spiro atoms. The fourth-order valence-corrected chi connectivity index (χ4v) is 4.50. The summed E-state index contributed by atoms with van der Waals surface area (Å²) in [7, 11) is 0. The average Bonchev–Trinajstić information content (AvgIpc) is 3.01. The summed E-state index contributed by atoms with van der Waals surface area (Å²) in [4.78, 5) is 26.3. The summed E-state index contributed by atoms with van der Waals surface area (Å²) in [5.74, 6) is 0.699. The zero-order valence-electron chi connectivity index (χ0n) is 14.1. The fourth-order valence-electron chi connectivity index (χ4n) is 4.50. The van der Waals surface area contributed by atoms with Crippen molar-refractivity contribution in [2.24, 2.45) is 5.92 Å². The van der Waals surface area contributed by atoms with Crippen LogP contribution in [0.1, 0.15) is 37.7 Å². The molecule has 1 saturated carbocycles. The predicted molar refractivity (Wildman–Crippen MR) is 89.8 cm³/mol. The van der Waals surface area contributed by atoms with Gasteiger partial charge in [0.1, 0.15) is 19.3 Å². The van der Waals surface area contributed by atoms with Crippen LogP contribution in [0.4, 0.5) is 0 Å². The maximum Gasteiger partial charge on any atom is 0.326 e. The van der Waals surface area contributed by atoms with Gasteiger partial charge in [0, 0.05) is 6.04 Å². The third-order valence-corrected chi connectivity index (χ3v) is 5.62. The molecule has 1 saturated heterocycles. The number of carboxylic acids is 1. The Morgan fingerprint density at radius 1 is 1.12 bits per heavy atom. The van der Waals surface area contributed by atoms with Crippen molar-refractivity contribution < 1.29 is 24.2 Å². The van der Waals surface area contributed by atoms with Gasteiger partial charge in [0.2, 0.25) is 5.91 Å². The Kier molecular flexibility index (Phi) is 4.27. The average molecular weight is 345 g/mol. The number of carbonyl (C=O) groups is 2. The van der Waals surface area contributed by atoms with E-state index in [4.69, 9.17) is 9.47 Å². The fraction of sp³-hybridized carbons (Fsp3) is 0.579. The maximum absolute atomic E-state index is 12.9. The maximum atomic E-state index is 12.9. The first-order chi connectivity index (χ1) is 12.1. The van der Waals surface area contributed by atoms with E-state index in [0.717, 1.165) is 31.2 Å². The number of likely N-dealkylation sites (tertiary alicyclic amines) is 1. The highest BCUT2D eigenvalue weighted by molar-refractivity contribution is 5.86. The Hall–Kier alpha value is -2.24. The number of nitrogens with zero attached hydrogens (tertiary/aromatic N) is 1. The largest absolute Gasteiger partial charge is 0.486 e. The SMILES string of the molecule is O=C(O)[C@@H]1C[C@H]2CCCC[C@@H]2N1C(=O)Cc1ccc2c(c1)OCCO2. The van der Waals surface area contributed by atoms with Crippen molar-refractivity contribution in [3.63, 3.8) is 0 Å². The third-order valence-electron chi connectivity index (χ3n) is 5.62. The van der Waals surface area contributed by atoms with Crippen molar-refractivity contribution in [3.05, 3.63) is 23.8 Å². The van der Waals surface area contributed by atoms with Crippen LogP contribution in [0.2, 0.25) is 0 Å². The molecule has 2 aliphatic heterocycles. The Morgan fingerprint density at radius 3 is 2.68 bits per heavy atom. The highest BCUT2D eigenvalue weighted by atomic mass is 16.6. The van der Waals surface area contributed by atoms with Crippen LogP contribution < -0.4 is 9.47 Å². The van der Waals surface area contributed by atoms with Crippen LogP contribution in [0.15, 0.2) is 18.2 Å². The zero-order valence-corrected chi connectivity index (χ0v) is 14.1. The molecule has 1 N–H and O–H groups in total. The van der Waals surface area contributed by atoms with E-state index in [2.05, 4.69) is 0 Å². The molecule has 25 heavy (non-hydrogen) atoms. The molecule has 1 aromatic carbocycles. The summed E-state index contributed by atoms with van der Waals surface area (Å²) in [5, 5.41) is 9.57. The lowest BCUT2D eigenvalue weighted by molar-refractivity contribution is -0.149. The first kappa shape index (κ1) is 16.2. The molecular weight excluding hydrogens is 322 g/mol. The molecule has 1 aromatic rings. The number of aliphatic carboxylic acids is 1. The van der Waals surface area contributed by atoms with Gasteiger partial charge < -0.3 is 19.5 Å². The third kappa shape index (κ3) is 3.05. The number of amides is 1. The van der Waals surface area contributed by atoms with Gasteiger partial charge in [-0.15, -0.1) is 0 Å². The lowest BCUT2D eigenvalue weighted by Gasteiger charge is -2.33. The summed E-state index contributed by atoms with van der Waals surface area (Å²) < 4.78 is 11.1. The highest BCUT2D eigenvalue weighted by Crippen LogP contribution is 2.40. The number of carbonyl (C=O) groups excluding carboxylic acids is 1. The summed E-state index contributed by atoms with van der Waals surface area (Å²) in [6, 6.07) is 4.91. The highest BCUT2D eigenvalue weighted by Gasteiger charge is 2.47. The summed E-state index contributed by atoms with van der Waals surface area (Å²) >= 11 is 0. The molecule has 2 heterocycles. The Labute approximate surface area is 146 Å². The molecule has 0 bridgehead atoms. The minimum atomic E-state index is -0.884. The molecule has 3 atom stereocenters. The van der Waals surface area contributed by atoms with Crippen molar-refractivity contribution in [2.75, 3.05) is 13.2 Å². The van der Waals surface area contributed by atoms with Crippen molar-refractivity contribution >= 4 is 11.9 Å². The Morgan fingerprint density at radius 2 is 1.88 bits per heavy atom. The monoisotopic (exact) mass is 345 g/mol. The number of ether oxygens (including phenoxy) is 2. The van der Waals surface area contributed by atoms with Crippen LogP contribution in [0.3, 0.4) is 0 Å². The van der Waals surface area contributed by atoms with Gasteiger partial charge in [-0.25, -0.2) is 4.79 Å². The second-order valence-corrected chi connectivity index (χ2v) is 7.16. The zero-order chi connectivity index (χ0) is 17.4. The molecule has 6 heteroatoms. The van der Waals surface area contributed by atoms with Gasteiger partial charge in [-0.05, 0) is 42.9 Å². The smallest absolute Gasteiger partial charge is 0.326 e. The first-order valence-corrected chi connectivity index (χ1v) is 9.06. The van der Waals surface area contributed by atoms with Crippen molar-refractivity contribution in [3.8, 4) is 11.5 Å². The number of benzene rings is 1. The van der Waals surface area contributed by atoms with Crippen LogP contribution in [-0.2, 0) is 16.0 Å². The van der Waals surface area contributed by atoms with Gasteiger partial charge in [0.25, 0.3) is 0 Å². The topological polar surface area (TPSA) is 76.1 Å². The van der Waals surface area contributed by atoms with E-state index in [-0.39, 0.29) is 18.4 Å². The molecular formula is C19H23NO5. The lowest BCUT2D eigenvalue weighted by atomic mass is 9.84. The normalized spacial score (nSPS) is 27.7. The van der Waals surface area contributed by atoms with E-state index in [1.165, 1.54) is 0 Å². The van der Waals surface area contributed by atoms with E-state index in [0.29, 0.717) is 37.1 Å². The number of hydrogen-bond acceptors (Lipinski definition) is 4. The summed E-state index contributed by atoms with van der Waals surface area (Å²) in [5.41, 5.74) is 0.831. The Balaban J connectivity index is 1.53. The van der Waals surface area contributed by atoms with Crippen LogP contribution >= 0.6 is 0 Å². The molecule has 2 fully saturated rings. The van der Waals surface area contributed by atoms with Crippen LogP contribution in [0.5, 0.6) is 11.5 Å². The lowest BCUT2D eigenvalue weighted by Crippen LogP contribution is -2.46. The molecule has 6 nitrogen and oxygen atoms in total. The Bertz CT molecular complexity index is 688. The van der Waals surface area contributed by atoms with Crippen molar-refractivity contribution in [2.45, 2.75) is 50.6 Å². The molecule has 1 aliphatic carbocycles. The molecule has 4 rings (SSSR count). The van der Waals surface area contributed by atoms with Gasteiger partial charge in [0.05, 0.1) is 6.42 Å². The van der Waals surface area contributed by atoms with Crippen LogP contribution in [-0.4, -0.2) is 47.2 Å². The predicted octanol–water partition coefficient (Wildman–Crippen LogP) is 2.24. The number of rotatable bonds is 3. The molecule has 3 aliphatic rings. The van der Waals surface area contributed by atoms with E-state index >= 15 is 0 Å². The summed E-state index contributed by atoms with van der Waals surface area (Å²) in [6.07, 6.45) is 4.94. The van der Waals surface area contributed by atoms with Crippen LogP contribution in [0.25, 0.3) is 0 Å². The second kappa shape index (κ2) is 6.58.